The molecule has 0 aromatic carbocycles. The van der Waals surface area contributed by atoms with Crippen LogP contribution in [0.3, 0.4) is 0 Å². The van der Waals surface area contributed by atoms with Crippen LogP contribution in [-0.4, -0.2) is 13.7 Å². The van der Waals surface area contributed by atoms with Crippen molar-refractivity contribution in [1.29, 1.82) is 0 Å². The molecule has 0 aliphatic rings. The van der Waals surface area contributed by atoms with Gasteiger partial charge in [0.1, 0.15) is 6.11 Å². The summed E-state index contributed by atoms with van der Waals surface area (Å²) in [5, 5.41) is 0. The molecule has 0 saturated heterocycles. The summed E-state index contributed by atoms with van der Waals surface area (Å²) in [6.45, 7) is 2.17. The highest BCUT2D eigenvalue weighted by atomic mass is 31.2. The Bertz CT molecular complexity index is 184. The van der Waals surface area contributed by atoms with Gasteiger partial charge < -0.3 is 4.52 Å². The monoisotopic (exact) mass is 178 g/mol. The third-order valence-electron chi connectivity index (χ3n) is 0.842. The van der Waals surface area contributed by atoms with Gasteiger partial charge in [-0.3, -0.25) is 9.05 Å². The molecule has 0 aromatic heterocycles. The van der Waals surface area contributed by atoms with Gasteiger partial charge in [0, 0.05) is 7.11 Å². The zero-order valence-electron chi connectivity index (χ0n) is 6.57. The molecule has 0 saturated carbocycles. The van der Waals surface area contributed by atoms with Crippen molar-refractivity contribution >= 4 is 7.82 Å². The molecule has 0 aliphatic carbocycles. The molecule has 0 N–H and O–H groups in total. The van der Waals surface area contributed by atoms with Crippen molar-refractivity contribution in [3.8, 4) is 12.5 Å². The summed E-state index contributed by atoms with van der Waals surface area (Å²) in [6, 6.07) is 0. The Morgan fingerprint density at radius 2 is 2.27 bits per heavy atom. The highest BCUT2D eigenvalue weighted by Crippen LogP contribution is 2.47. The highest BCUT2D eigenvalue weighted by molar-refractivity contribution is 7.48. The first-order chi connectivity index (χ1) is 5.18. The molecule has 0 rings (SSSR count). The van der Waals surface area contributed by atoms with Crippen molar-refractivity contribution in [3.05, 3.63) is 0 Å². The Balaban J connectivity index is 3.92. The van der Waals surface area contributed by atoms with E-state index in [9.17, 15) is 4.57 Å². The van der Waals surface area contributed by atoms with Gasteiger partial charge in [0.15, 0.2) is 0 Å². The number of rotatable bonds is 5. The third-order valence-corrected chi connectivity index (χ3v) is 2.12. The molecule has 0 aromatic rings. The first-order valence-electron chi connectivity index (χ1n) is 3.13. The van der Waals surface area contributed by atoms with Crippen LogP contribution >= 0.6 is 7.82 Å². The van der Waals surface area contributed by atoms with Crippen molar-refractivity contribution in [2.45, 2.75) is 13.3 Å². The molecule has 1 atom stereocenters. The van der Waals surface area contributed by atoms with Gasteiger partial charge >= 0.3 is 7.82 Å². The number of hydrogen-bond acceptors (Lipinski definition) is 4. The van der Waals surface area contributed by atoms with E-state index in [-0.39, 0.29) is 0 Å². The van der Waals surface area contributed by atoms with E-state index >= 15 is 0 Å². The van der Waals surface area contributed by atoms with Crippen LogP contribution in [0.4, 0.5) is 0 Å². The van der Waals surface area contributed by atoms with Gasteiger partial charge in [-0.25, -0.2) is 4.57 Å². The molecule has 0 aliphatic heterocycles. The minimum Gasteiger partial charge on any atom is -0.350 e. The number of phosphoric acid groups is 1. The summed E-state index contributed by atoms with van der Waals surface area (Å²) >= 11 is 0. The van der Waals surface area contributed by atoms with Crippen LogP contribution in [0.5, 0.6) is 0 Å². The van der Waals surface area contributed by atoms with E-state index in [1.807, 2.05) is 6.92 Å². The second-order valence-corrected chi connectivity index (χ2v) is 3.37. The van der Waals surface area contributed by atoms with Crippen molar-refractivity contribution in [2.75, 3.05) is 13.7 Å². The van der Waals surface area contributed by atoms with E-state index in [0.29, 0.717) is 6.61 Å². The van der Waals surface area contributed by atoms with Crippen LogP contribution in [0.1, 0.15) is 13.3 Å². The number of terminal acetylenes is 1. The molecule has 5 heteroatoms. The largest absolute Gasteiger partial charge is 0.538 e. The first kappa shape index (κ1) is 10.5. The fourth-order valence-electron chi connectivity index (χ4n) is 0.384. The number of hydrogen-bond donors (Lipinski definition) is 0. The smallest absolute Gasteiger partial charge is 0.350 e. The van der Waals surface area contributed by atoms with Gasteiger partial charge in [0.05, 0.1) is 6.61 Å². The predicted molar refractivity (Wildman–Crippen MR) is 40.8 cm³/mol. The average molecular weight is 178 g/mol. The van der Waals surface area contributed by atoms with E-state index in [1.54, 1.807) is 6.11 Å². The molecular weight excluding hydrogens is 167 g/mol. The third kappa shape index (κ3) is 4.05. The van der Waals surface area contributed by atoms with Gasteiger partial charge in [0.2, 0.25) is 0 Å². The summed E-state index contributed by atoms with van der Waals surface area (Å²) in [7, 11) is -2.24. The molecule has 4 nitrogen and oxygen atoms in total. The predicted octanol–water partition coefficient (Wildman–Crippen LogP) is 1.77. The minimum atomic E-state index is -3.45. The maximum atomic E-state index is 11.1. The SMILES string of the molecule is C#COP(=O)(OC)OCCC. The van der Waals surface area contributed by atoms with Crippen LogP contribution in [-0.2, 0) is 18.1 Å². The van der Waals surface area contributed by atoms with E-state index in [2.05, 4.69) is 9.05 Å². The van der Waals surface area contributed by atoms with Crippen LogP contribution < -0.4 is 0 Å². The quantitative estimate of drug-likeness (QED) is 0.475. The fraction of sp³-hybridized carbons (Fsp3) is 0.667. The van der Waals surface area contributed by atoms with Crippen molar-refractivity contribution in [2.24, 2.45) is 0 Å². The van der Waals surface area contributed by atoms with E-state index in [0.717, 1.165) is 6.42 Å². The van der Waals surface area contributed by atoms with E-state index in [4.69, 9.17) is 10.9 Å². The molecule has 1 unspecified atom stereocenters. The van der Waals surface area contributed by atoms with Crippen molar-refractivity contribution < 1.29 is 18.1 Å². The van der Waals surface area contributed by atoms with E-state index in [1.165, 1.54) is 7.11 Å². The molecule has 0 bridgehead atoms. The molecule has 64 valence electrons. The molecule has 0 spiro atoms. The van der Waals surface area contributed by atoms with Crippen LogP contribution in [0.2, 0.25) is 0 Å². The fourth-order valence-corrected chi connectivity index (χ4v) is 1.15. The molecule has 0 amide bonds. The Morgan fingerprint density at radius 3 is 2.64 bits per heavy atom. The summed E-state index contributed by atoms with van der Waals surface area (Å²) < 4.78 is 24.6. The van der Waals surface area contributed by atoms with Gasteiger partial charge in [-0.2, -0.15) is 0 Å². The van der Waals surface area contributed by atoms with Gasteiger partial charge in [0.25, 0.3) is 0 Å². The van der Waals surface area contributed by atoms with E-state index < -0.39 is 7.82 Å². The Labute approximate surface area is 66.5 Å². The lowest BCUT2D eigenvalue weighted by Crippen LogP contribution is -1.95. The Kier molecular flexibility index (Phi) is 4.97. The van der Waals surface area contributed by atoms with Crippen LogP contribution in [0, 0.1) is 12.5 Å². The summed E-state index contributed by atoms with van der Waals surface area (Å²) in [5.41, 5.74) is 0. The first-order valence-corrected chi connectivity index (χ1v) is 4.59. The van der Waals surface area contributed by atoms with Gasteiger partial charge in [-0.1, -0.05) is 13.3 Å². The zero-order valence-corrected chi connectivity index (χ0v) is 7.47. The zero-order chi connectivity index (χ0) is 8.74. The molecule has 0 radical (unpaired) electrons. The second kappa shape index (κ2) is 5.20. The lowest BCUT2D eigenvalue weighted by Gasteiger charge is -2.10. The molecule has 0 heterocycles. The van der Waals surface area contributed by atoms with Crippen LogP contribution in [0.15, 0.2) is 0 Å². The summed E-state index contributed by atoms with van der Waals surface area (Å²) in [4.78, 5) is 0. The lowest BCUT2D eigenvalue weighted by molar-refractivity contribution is 0.171. The minimum absolute atomic E-state index is 0.298. The normalized spacial score (nSPS) is 15.0. The van der Waals surface area contributed by atoms with Crippen molar-refractivity contribution in [1.82, 2.24) is 0 Å². The maximum Gasteiger partial charge on any atom is 0.538 e. The number of phosphoric ester groups is 1. The maximum absolute atomic E-state index is 11.1. The Hall–Kier alpha value is -0.490. The standard InChI is InChI=1S/C6H11O4P/c1-4-6-10-11(7,8-3)9-5-2/h2H,4,6H2,1,3H3. The molecule has 0 fully saturated rings. The average Bonchev–Trinajstić information content (AvgIpc) is 2.02. The van der Waals surface area contributed by atoms with Crippen molar-refractivity contribution in [3.63, 3.8) is 0 Å². The summed E-state index contributed by atoms with van der Waals surface area (Å²) in [6.07, 6.45) is 7.24. The molecule has 11 heavy (non-hydrogen) atoms. The second-order valence-electron chi connectivity index (χ2n) is 1.67. The lowest BCUT2D eigenvalue weighted by atomic mass is 10.5. The molecular formula is C6H11O4P. The van der Waals surface area contributed by atoms with Gasteiger partial charge in [-0.05, 0) is 6.42 Å². The summed E-state index contributed by atoms with van der Waals surface area (Å²) in [5.74, 6) is 0. The highest BCUT2D eigenvalue weighted by Gasteiger charge is 2.24. The Morgan fingerprint density at radius 1 is 1.64 bits per heavy atom. The van der Waals surface area contributed by atoms with Crippen LogP contribution in [0.25, 0.3) is 0 Å². The van der Waals surface area contributed by atoms with Gasteiger partial charge in [-0.15, -0.1) is 0 Å². The topological polar surface area (TPSA) is 44.8 Å².